The molecule has 0 spiro atoms. The van der Waals surface area contributed by atoms with Crippen molar-refractivity contribution in [3.8, 4) is 0 Å². The predicted molar refractivity (Wildman–Crippen MR) is 77.1 cm³/mol. The summed E-state index contributed by atoms with van der Waals surface area (Å²) in [6, 6.07) is 13.2. The maximum Gasteiger partial charge on any atom is 0.347 e. The Balaban J connectivity index is 2.19. The average molecular weight is 290 g/mol. The number of thiol groups is 2. The topological polar surface area (TPSA) is 43.4 Å². The van der Waals surface area contributed by atoms with Gasteiger partial charge in [0.15, 0.2) is 0 Å². The SMILES string of the molecule is O=C(OC(=O)c1ccccc1S)c1ccccc1S. The molecule has 0 saturated heterocycles. The molecular formula is C14H10O3S2. The first kappa shape index (κ1) is 13.7. The average Bonchev–Trinajstić information content (AvgIpc) is 2.39. The maximum absolute atomic E-state index is 11.8. The van der Waals surface area contributed by atoms with Gasteiger partial charge in [0.05, 0.1) is 11.1 Å². The van der Waals surface area contributed by atoms with E-state index in [2.05, 4.69) is 25.3 Å². The van der Waals surface area contributed by atoms with Gasteiger partial charge in [-0.25, -0.2) is 9.59 Å². The number of carbonyl (C=O) groups is 2. The molecular weight excluding hydrogens is 280 g/mol. The highest BCUT2D eigenvalue weighted by Gasteiger charge is 2.18. The minimum Gasteiger partial charge on any atom is -0.386 e. The van der Waals surface area contributed by atoms with Crippen LogP contribution in [0.1, 0.15) is 20.7 Å². The molecule has 0 radical (unpaired) electrons. The van der Waals surface area contributed by atoms with Crippen molar-refractivity contribution in [2.75, 3.05) is 0 Å². The molecule has 19 heavy (non-hydrogen) atoms. The molecule has 0 bridgehead atoms. The fourth-order valence-corrected chi connectivity index (χ4v) is 1.99. The van der Waals surface area contributed by atoms with Crippen molar-refractivity contribution in [1.29, 1.82) is 0 Å². The first-order valence-electron chi connectivity index (χ1n) is 5.42. The molecule has 3 nitrogen and oxygen atoms in total. The maximum atomic E-state index is 11.8. The molecule has 0 aliphatic rings. The Morgan fingerprint density at radius 1 is 0.737 bits per heavy atom. The molecule has 0 aromatic heterocycles. The molecule has 0 aliphatic heterocycles. The van der Waals surface area contributed by atoms with E-state index in [4.69, 9.17) is 4.74 Å². The monoisotopic (exact) mass is 290 g/mol. The third kappa shape index (κ3) is 3.19. The van der Waals surface area contributed by atoms with Crippen LogP contribution in [0.25, 0.3) is 0 Å². The normalized spacial score (nSPS) is 10.0. The van der Waals surface area contributed by atoms with Crippen molar-refractivity contribution in [1.82, 2.24) is 0 Å². The third-order valence-corrected chi connectivity index (χ3v) is 3.21. The largest absolute Gasteiger partial charge is 0.386 e. The molecule has 0 saturated carbocycles. The van der Waals surface area contributed by atoms with E-state index in [9.17, 15) is 9.59 Å². The summed E-state index contributed by atoms with van der Waals surface area (Å²) in [5, 5.41) is 0. The number of hydrogen-bond acceptors (Lipinski definition) is 5. The zero-order valence-corrected chi connectivity index (χ0v) is 11.5. The van der Waals surface area contributed by atoms with Crippen molar-refractivity contribution in [2.24, 2.45) is 0 Å². The van der Waals surface area contributed by atoms with Crippen LogP contribution in [-0.4, -0.2) is 11.9 Å². The molecule has 0 fully saturated rings. The number of hydrogen-bond donors (Lipinski definition) is 2. The number of esters is 2. The van der Waals surface area contributed by atoms with E-state index in [0.717, 1.165) is 0 Å². The Morgan fingerprint density at radius 3 is 1.47 bits per heavy atom. The second kappa shape index (κ2) is 5.95. The first-order chi connectivity index (χ1) is 9.09. The standard InChI is InChI=1S/C14H10O3S2/c15-13(9-5-1-3-7-11(9)18)17-14(16)10-6-2-4-8-12(10)19/h1-8,18-19H. The summed E-state index contributed by atoms with van der Waals surface area (Å²) < 4.78 is 4.81. The van der Waals surface area contributed by atoms with Crippen LogP contribution in [0.5, 0.6) is 0 Å². The van der Waals surface area contributed by atoms with E-state index in [0.29, 0.717) is 9.79 Å². The molecule has 2 aromatic rings. The molecule has 0 N–H and O–H groups in total. The van der Waals surface area contributed by atoms with Gasteiger partial charge in [-0.2, -0.15) is 0 Å². The van der Waals surface area contributed by atoms with Crippen LogP contribution in [-0.2, 0) is 4.74 Å². The smallest absolute Gasteiger partial charge is 0.347 e. The van der Waals surface area contributed by atoms with Gasteiger partial charge in [0, 0.05) is 9.79 Å². The molecule has 0 heterocycles. The van der Waals surface area contributed by atoms with Gasteiger partial charge in [-0.15, -0.1) is 25.3 Å². The molecule has 0 atom stereocenters. The Morgan fingerprint density at radius 2 is 1.11 bits per heavy atom. The Labute approximate surface area is 121 Å². The molecule has 2 aromatic carbocycles. The summed E-state index contributed by atoms with van der Waals surface area (Å²) in [7, 11) is 0. The molecule has 0 amide bonds. The van der Waals surface area contributed by atoms with E-state index in [1.807, 2.05) is 0 Å². The van der Waals surface area contributed by atoms with Gasteiger partial charge >= 0.3 is 11.9 Å². The van der Waals surface area contributed by atoms with Crippen molar-refractivity contribution in [3.05, 3.63) is 59.7 Å². The zero-order chi connectivity index (χ0) is 13.8. The van der Waals surface area contributed by atoms with Crippen molar-refractivity contribution in [3.63, 3.8) is 0 Å². The van der Waals surface area contributed by atoms with E-state index in [1.165, 1.54) is 0 Å². The predicted octanol–water partition coefficient (Wildman–Crippen LogP) is 3.26. The van der Waals surface area contributed by atoms with Gasteiger partial charge in [-0.05, 0) is 24.3 Å². The number of benzene rings is 2. The van der Waals surface area contributed by atoms with E-state index in [-0.39, 0.29) is 11.1 Å². The second-order valence-corrected chi connectivity index (χ2v) is 4.67. The van der Waals surface area contributed by atoms with Gasteiger partial charge in [0.1, 0.15) is 0 Å². The van der Waals surface area contributed by atoms with Gasteiger partial charge in [-0.1, -0.05) is 24.3 Å². The number of ether oxygens (including phenoxy) is 1. The second-order valence-electron chi connectivity index (χ2n) is 3.71. The minimum atomic E-state index is -0.729. The number of carbonyl (C=O) groups excluding carboxylic acids is 2. The highest BCUT2D eigenvalue weighted by atomic mass is 32.1. The summed E-state index contributed by atoms with van der Waals surface area (Å²) >= 11 is 8.28. The van der Waals surface area contributed by atoms with E-state index >= 15 is 0 Å². The fourth-order valence-electron chi connectivity index (χ4n) is 1.49. The summed E-state index contributed by atoms with van der Waals surface area (Å²) in [6.07, 6.45) is 0. The zero-order valence-electron chi connectivity index (χ0n) is 9.74. The van der Waals surface area contributed by atoms with Crippen LogP contribution < -0.4 is 0 Å². The Bertz CT molecular complexity index is 583. The van der Waals surface area contributed by atoms with Crippen LogP contribution in [0.3, 0.4) is 0 Å². The fraction of sp³-hybridized carbons (Fsp3) is 0. The quantitative estimate of drug-likeness (QED) is 0.507. The molecule has 2 rings (SSSR count). The summed E-state index contributed by atoms with van der Waals surface area (Å²) in [6.45, 7) is 0. The van der Waals surface area contributed by atoms with Gasteiger partial charge in [0.25, 0.3) is 0 Å². The third-order valence-electron chi connectivity index (χ3n) is 2.43. The molecule has 0 unspecified atom stereocenters. The van der Waals surface area contributed by atoms with Crippen molar-refractivity contribution in [2.45, 2.75) is 9.79 Å². The highest BCUT2D eigenvalue weighted by molar-refractivity contribution is 7.80. The van der Waals surface area contributed by atoms with Crippen LogP contribution >= 0.6 is 25.3 Å². The van der Waals surface area contributed by atoms with Crippen LogP contribution in [0.15, 0.2) is 58.3 Å². The number of rotatable bonds is 2. The molecule has 96 valence electrons. The van der Waals surface area contributed by atoms with Gasteiger partial charge in [-0.3, -0.25) is 0 Å². The molecule has 5 heteroatoms. The Kier molecular flexibility index (Phi) is 4.29. The van der Waals surface area contributed by atoms with Gasteiger partial charge < -0.3 is 4.74 Å². The highest BCUT2D eigenvalue weighted by Crippen LogP contribution is 2.17. The lowest BCUT2D eigenvalue weighted by Gasteiger charge is -2.06. The lowest BCUT2D eigenvalue weighted by Crippen LogP contribution is -2.13. The van der Waals surface area contributed by atoms with E-state index < -0.39 is 11.9 Å². The van der Waals surface area contributed by atoms with Crippen molar-refractivity contribution >= 4 is 37.2 Å². The Hall–Kier alpha value is -1.72. The summed E-state index contributed by atoms with van der Waals surface area (Å²) in [5.74, 6) is -1.46. The van der Waals surface area contributed by atoms with Crippen LogP contribution in [0.2, 0.25) is 0 Å². The van der Waals surface area contributed by atoms with Gasteiger partial charge in [0.2, 0.25) is 0 Å². The van der Waals surface area contributed by atoms with Crippen molar-refractivity contribution < 1.29 is 14.3 Å². The van der Waals surface area contributed by atoms with Crippen LogP contribution in [0, 0.1) is 0 Å². The molecule has 0 aliphatic carbocycles. The lowest BCUT2D eigenvalue weighted by atomic mass is 10.2. The van der Waals surface area contributed by atoms with Crippen LogP contribution in [0.4, 0.5) is 0 Å². The van der Waals surface area contributed by atoms with E-state index in [1.54, 1.807) is 48.5 Å². The lowest BCUT2D eigenvalue weighted by molar-refractivity contribution is 0.0393. The first-order valence-corrected chi connectivity index (χ1v) is 6.31. The minimum absolute atomic E-state index is 0.246. The summed E-state index contributed by atoms with van der Waals surface area (Å²) in [4.78, 5) is 24.6. The summed E-state index contributed by atoms with van der Waals surface area (Å²) in [5.41, 5.74) is 0.492.